The average Bonchev–Trinajstić information content (AvgIpc) is 3.05. The molecule has 0 aliphatic carbocycles. The molecule has 3 heterocycles. The largest absolute Gasteiger partial charge is 0.265 e. The van der Waals surface area contributed by atoms with Gasteiger partial charge in [0.15, 0.2) is 0 Å². The summed E-state index contributed by atoms with van der Waals surface area (Å²) in [5.74, 6) is 0. The maximum atomic E-state index is 3.81. The summed E-state index contributed by atoms with van der Waals surface area (Å²) in [6, 6.07) is 5.72. The van der Waals surface area contributed by atoms with E-state index in [1.54, 1.807) is 36.9 Å². The highest BCUT2D eigenvalue weighted by atomic mass is 15.2. The molecule has 0 radical (unpaired) electrons. The second-order valence-corrected chi connectivity index (χ2v) is 2.86. The van der Waals surface area contributed by atoms with Crippen LogP contribution in [0.5, 0.6) is 0 Å². The summed E-state index contributed by atoms with van der Waals surface area (Å²) in [5.41, 5.74) is 1.55. The standard InChI is InChI=1S/C6H4N4.C5H5N/c1-3-7-9-5(1)6-2-4-8-10-6;1-2-4-6-5-3-1/h1-4H;1-5H. The Balaban J connectivity index is 0.000000138. The van der Waals surface area contributed by atoms with Gasteiger partial charge in [-0.25, -0.2) is 0 Å². The smallest absolute Gasteiger partial charge is 0.115 e. The molecule has 0 aromatic carbocycles. The zero-order valence-electron chi connectivity index (χ0n) is 8.43. The Labute approximate surface area is 92.7 Å². The van der Waals surface area contributed by atoms with Crippen molar-refractivity contribution in [2.24, 2.45) is 20.5 Å². The third-order valence-electron chi connectivity index (χ3n) is 1.76. The SMILES string of the molecule is C1=CC(=C2C=CN=N2)N=N1.c1ccncc1. The van der Waals surface area contributed by atoms with Crippen molar-refractivity contribution in [3.05, 3.63) is 66.5 Å². The lowest BCUT2D eigenvalue weighted by Gasteiger charge is -1.85. The first-order chi connectivity index (χ1) is 7.97. The Morgan fingerprint density at radius 1 is 0.688 bits per heavy atom. The van der Waals surface area contributed by atoms with E-state index in [0.29, 0.717) is 0 Å². The first kappa shape index (κ1) is 10.1. The molecular formula is C11H9N5. The van der Waals surface area contributed by atoms with Crippen molar-refractivity contribution in [1.82, 2.24) is 4.98 Å². The van der Waals surface area contributed by atoms with E-state index in [1.807, 2.05) is 18.2 Å². The third kappa shape index (κ3) is 2.78. The normalized spacial score (nSPS) is 20.0. The predicted octanol–water partition coefficient (Wildman–Crippen LogP) is 3.24. The van der Waals surface area contributed by atoms with Gasteiger partial charge < -0.3 is 0 Å². The van der Waals surface area contributed by atoms with Crippen molar-refractivity contribution in [1.29, 1.82) is 0 Å². The molecule has 1 aromatic rings. The van der Waals surface area contributed by atoms with Gasteiger partial charge in [0.2, 0.25) is 0 Å². The molecule has 0 bridgehead atoms. The number of azo groups is 2. The van der Waals surface area contributed by atoms with Crippen molar-refractivity contribution in [2.45, 2.75) is 0 Å². The van der Waals surface area contributed by atoms with Crippen LogP contribution in [0.15, 0.2) is 87.0 Å². The fourth-order valence-electron chi connectivity index (χ4n) is 1.05. The van der Waals surface area contributed by atoms with Crippen molar-refractivity contribution in [3.63, 3.8) is 0 Å². The number of hydrogen-bond donors (Lipinski definition) is 0. The highest BCUT2D eigenvalue weighted by Crippen LogP contribution is 2.19. The maximum absolute atomic E-state index is 3.81. The number of pyridine rings is 1. The molecule has 1 aromatic heterocycles. The minimum atomic E-state index is 0.775. The molecular weight excluding hydrogens is 202 g/mol. The molecule has 0 fully saturated rings. The molecule has 3 rings (SSSR count). The second-order valence-electron chi connectivity index (χ2n) is 2.86. The number of aromatic nitrogens is 1. The van der Waals surface area contributed by atoms with Crippen LogP contribution in [-0.2, 0) is 0 Å². The maximum Gasteiger partial charge on any atom is 0.115 e. The van der Waals surface area contributed by atoms with Crippen LogP contribution >= 0.6 is 0 Å². The van der Waals surface area contributed by atoms with E-state index in [1.165, 1.54) is 0 Å². The topological polar surface area (TPSA) is 62.3 Å². The van der Waals surface area contributed by atoms with Crippen LogP contribution in [0.25, 0.3) is 0 Å². The third-order valence-corrected chi connectivity index (χ3v) is 1.76. The Hall–Kier alpha value is -2.43. The fraction of sp³-hybridized carbons (Fsp3) is 0. The number of rotatable bonds is 0. The molecule has 78 valence electrons. The number of nitrogens with zero attached hydrogens (tertiary/aromatic N) is 5. The van der Waals surface area contributed by atoms with E-state index in [0.717, 1.165) is 11.4 Å². The molecule has 5 nitrogen and oxygen atoms in total. The van der Waals surface area contributed by atoms with Crippen molar-refractivity contribution in [2.75, 3.05) is 0 Å². The zero-order chi connectivity index (χ0) is 11.1. The second kappa shape index (κ2) is 5.45. The monoisotopic (exact) mass is 211 g/mol. The summed E-state index contributed by atoms with van der Waals surface area (Å²) in [5, 5.41) is 14.9. The molecule has 5 heteroatoms. The summed E-state index contributed by atoms with van der Waals surface area (Å²) in [6.07, 6.45) is 10.3. The summed E-state index contributed by atoms with van der Waals surface area (Å²) in [4.78, 5) is 3.78. The summed E-state index contributed by atoms with van der Waals surface area (Å²) < 4.78 is 0. The molecule has 0 saturated heterocycles. The van der Waals surface area contributed by atoms with Crippen molar-refractivity contribution < 1.29 is 0 Å². The Morgan fingerprint density at radius 3 is 1.50 bits per heavy atom. The van der Waals surface area contributed by atoms with Gasteiger partial charge in [-0.15, -0.1) is 10.2 Å². The lowest BCUT2D eigenvalue weighted by Crippen LogP contribution is -1.72. The van der Waals surface area contributed by atoms with Crippen LogP contribution in [0.1, 0.15) is 0 Å². The molecule has 0 spiro atoms. The van der Waals surface area contributed by atoms with E-state index >= 15 is 0 Å². The van der Waals surface area contributed by atoms with E-state index in [-0.39, 0.29) is 0 Å². The predicted molar refractivity (Wildman–Crippen MR) is 59.3 cm³/mol. The lowest BCUT2D eigenvalue weighted by atomic mass is 10.3. The molecule has 0 saturated carbocycles. The van der Waals surface area contributed by atoms with Crippen LogP contribution in [0.2, 0.25) is 0 Å². The van der Waals surface area contributed by atoms with E-state index in [2.05, 4.69) is 25.4 Å². The first-order valence-electron chi connectivity index (χ1n) is 4.71. The van der Waals surface area contributed by atoms with Gasteiger partial charge in [0.1, 0.15) is 11.4 Å². The average molecular weight is 211 g/mol. The summed E-state index contributed by atoms with van der Waals surface area (Å²) in [7, 11) is 0. The molecule has 0 amide bonds. The van der Waals surface area contributed by atoms with Gasteiger partial charge in [-0.05, 0) is 24.3 Å². The molecule has 0 N–H and O–H groups in total. The minimum Gasteiger partial charge on any atom is -0.265 e. The van der Waals surface area contributed by atoms with Gasteiger partial charge in [0.25, 0.3) is 0 Å². The van der Waals surface area contributed by atoms with E-state index in [4.69, 9.17) is 0 Å². The fourth-order valence-corrected chi connectivity index (χ4v) is 1.05. The highest BCUT2D eigenvalue weighted by Gasteiger charge is 2.04. The van der Waals surface area contributed by atoms with Gasteiger partial charge in [0.05, 0.1) is 12.4 Å². The Morgan fingerprint density at radius 2 is 1.25 bits per heavy atom. The molecule has 16 heavy (non-hydrogen) atoms. The lowest BCUT2D eigenvalue weighted by molar-refractivity contribution is 1.15. The minimum absolute atomic E-state index is 0.775. The molecule has 2 aliphatic heterocycles. The quantitative estimate of drug-likeness (QED) is 0.649. The van der Waals surface area contributed by atoms with Gasteiger partial charge in [0, 0.05) is 12.4 Å². The Kier molecular flexibility index (Phi) is 3.44. The van der Waals surface area contributed by atoms with Crippen LogP contribution in [-0.4, -0.2) is 4.98 Å². The zero-order valence-corrected chi connectivity index (χ0v) is 8.43. The first-order valence-corrected chi connectivity index (χ1v) is 4.71. The summed E-state index contributed by atoms with van der Waals surface area (Å²) in [6.45, 7) is 0. The molecule has 0 atom stereocenters. The highest BCUT2D eigenvalue weighted by molar-refractivity contribution is 5.34. The van der Waals surface area contributed by atoms with E-state index in [9.17, 15) is 0 Å². The van der Waals surface area contributed by atoms with Crippen LogP contribution in [0, 0.1) is 0 Å². The van der Waals surface area contributed by atoms with E-state index < -0.39 is 0 Å². The van der Waals surface area contributed by atoms with Crippen LogP contribution in [0.3, 0.4) is 0 Å². The molecule has 2 aliphatic rings. The van der Waals surface area contributed by atoms with Gasteiger partial charge >= 0.3 is 0 Å². The van der Waals surface area contributed by atoms with Gasteiger partial charge in [-0.2, -0.15) is 10.2 Å². The number of hydrogen-bond acceptors (Lipinski definition) is 5. The molecule has 0 unspecified atom stereocenters. The number of allylic oxidation sites excluding steroid dienone is 2. The van der Waals surface area contributed by atoms with Gasteiger partial charge in [-0.1, -0.05) is 6.07 Å². The van der Waals surface area contributed by atoms with Crippen molar-refractivity contribution >= 4 is 0 Å². The van der Waals surface area contributed by atoms with Gasteiger partial charge in [-0.3, -0.25) is 4.98 Å². The van der Waals surface area contributed by atoms with Crippen LogP contribution < -0.4 is 0 Å². The van der Waals surface area contributed by atoms with Crippen molar-refractivity contribution in [3.8, 4) is 0 Å². The summed E-state index contributed by atoms with van der Waals surface area (Å²) >= 11 is 0. The van der Waals surface area contributed by atoms with Crippen LogP contribution in [0.4, 0.5) is 0 Å². The Bertz CT molecular complexity index is 398.